The Morgan fingerprint density at radius 2 is 2.28 bits per heavy atom. The fourth-order valence-corrected chi connectivity index (χ4v) is 2.74. The molecule has 0 radical (unpaired) electrons. The molecule has 0 saturated carbocycles. The van der Waals surface area contributed by atoms with Crippen molar-refractivity contribution in [1.82, 2.24) is 10.2 Å². The topological polar surface area (TPSA) is 15.3 Å². The number of nitrogens with zero attached hydrogens (tertiary/aromatic N) is 1. The lowest BCUT2D eigenvalue weighted by molar-refractivity contribution is 0.268. The fraction of sp³-hybridized carbons (Fsp3) is 0.571. The second-order valence-electron chi connectivity index (χ2n) is 5.19. The van der Waals surface area contributed by atoms with E-state index < -0.39 is 0 Å². The van der Waals surface area contributed by atoms with Crippen molar-refractivity contribution in [2.75, 3.05) is 13.1 Å². The summed E-state index contributed by atoms with van der Waals surface area (Å²) in [6.07, 6.45) is 1.17. The molecule has 1 aliphatic heterocycles. The van der Waals surface area contributed by atoms with Crippen molar-refractivity contribution in [1.29, 1.82) is 0 Å². The third-order valence-electron chi connectivity index (χ3n) is 3.54. The SMILES string of the molecule is CC(C)N1CCC(NCc2cc(F)ccc2Br)C1. The van der Waals surface area contributed by atoms with Crippen LogP contribution in [0.5, 0.6) is 0 Å². The van der Waals surface area contributed by atoms with E-state index in [9.17, 15) is 4.39 Å². The van der Waals surface area contributed by atoms with Crippen LogP contribution in [0.1, 0.15) is 25.8 Å². The number of hydrogen-bond donors (Lipinski definition) is 1. The molecule has 1 atom stereocenters. The van der Waals surface area contributed by atoms with E-state index in [1.165, 1.54) is 12.5 Å². The maximum atomic E-state index is 13.2. The molecule has 18 heavy (non-hydrogen) atoms. The van der Waals surface area contributed by atoms with Crippen molar-refractivity contribution < 1.29 is 4.39 Å². The van der Waals surface area contributed by atoms with Gasteiger partial charge in [0, 0.05) is 29.6 Å². The molecule has 0 spiro atoms. The summed E-state index contributed by atoms with van der Waals surface area (Å²) >= 11 is 3.46. The van der Waals surface area contributed by atoms with Crippen LogP contribution in [0.25, 0.3) is 0 Å². The van der Waals surface area contributed by atoms with Gasteiger partial charge in [0.25, 0.3) is 0 Å². The van der Waals surface area contributed by atoms with Gasteiger partial charge in [0.15, 0.2) is 0 Å². The van der Waals surface area contributed by atoms with Gasteiger partial charge in [0.2, 0.25) is 0 Å². The fourth-order valence-electron chi connectivity index (χ4n) is 2.36. The van der Waals surface area contributed by atoms with Gasteiger partial charge in [-0.2, -0.15) is 0 Å². The third-order valence-corrected chi connectivity index (χ3v) is 4.31. The average Bonchev–Trinajstić information content (AvgIpc) is 2.79. The highest BCUT2D eigenvalue weighted by molar-refractivity contribution is 9.10. The number of rotatable bonds is 4. The predicted octanol–water partition coefficient (Wildman–Crippen LogP) is 3.16. The summed E-state index contributed by atoms with van der Waals surface area (Å²) in [4.78, 5) is 2.47. The smallest absolute Gasteiger partial charge is 0.123 e. The summed E-state index contributed by atoms with van der Waals surface area (Å²) in [5.74, 6) is -0.176. The summed E-state index contributed by atoms with van der Waals surface area (Å²) < 4.78 is 14.1. The van der Waals surface area contributed by atoms with Crippen molar-refractivity contribution in [3.05, 3.63) is 34.1 Å². The molecule has 1 saturated heterocycles. The van der Waals surface area contributed by atoms with Crippen LogP contribution in [0.15, 0.2) is 22.7 Å². The van der Waals surface area contributed by atoms with Crippen molar-refractivity contribution >= 4 is 15.9 Å². The molecule has 1 aromatic rings. The highest BCUT2D eigenvalue weighted by Crippen LogP contribution is 2.19. The molecule has 100 valence electrons. The van der Waals surface area contributed by atoms with E-state index in [0.717, 1.165) is 29.7 Å². The van der Waals surface area contributed by atoms with E-state index in [1.54, 1.807) is 12.1 Å². The van der Waals surface area contributed by atoms with E-state index in [-0.39, 0.29) is 5.82 Å². The second-order valence-corrected chi connectivity index (χ2v) is 6.05. The lowest BCUT2D eigenvalue weighted by Gasteiger charge is -2.20. The molecule has 1 unspecified atom stereocenters. The van der Waals surface area contributed by atoms with Crippen LogP contribution in [0.3, 0.4) is 0 Å². The summed E-state index contributed by atoms with van der Waals surface area (Å²) in [5, 5.41) is 3.51. The molecule has 4 heteroatoms. The van der Waals surface area contributed by atoms with Crippen LogP contribution >= 0.6 is 15.9 Å². The third kappa shape index (κ3) is 3.53. The summed E-state index contributed by atoms with van der Waals surface area (Å²) in [6.45, 7) is 7.41. The molecule has 0 aliphatic carbocycles. The zero-order valence-corrected chi connectivity index (χ0v) is 12.5. The molecule has 1 fully saturated rings. The summed E-state index contributed by atoms with van der Waals surface area (Å²) in [5.41, 5.74) is 0.984. The Kier molecular flexibility index (Phi) is 4.76. The zero-order chi connectivity index (χ0) is 13.1. The first-order chi connectivity index (χ1) is 8.56. The Morgan fingerprint density at radius 1 is 1.50 bits per heavy atom. The van der Waals surface area contributed by atoms with E-state index in [1.807, 2.05) is 0 Å². The predicted molar refractivity (Wildman–Crippen MR) is 76.1 cm³/mol. The van der Waals surface area contributed by atoms with Crippen molar-refractivity contribution in [2.24, 2.45) is 0 Å². The summed E-state index contributed by atoms with van der Waals surface area (Å²) in [6, 6.07) is 5.96. The molecular formula is C14H20BrFN2. The lowest BCUT2D eigenvalue weighted by Crippen LogP contribution is -2.34. The van der Waals surface area contributed by atoms with E-state index in [2.05, 4.69) is 40.0 Å². The van der Waals surface area contributed by atoms with Crippen LogP contribution in [0.2, 0.25) is 0 Å². The second kappa shape index (κ2) is 6.13. The minimum absolute atomic E-state index is 0.176. The van der Waals surface area contributed by atoms with Crippen LogP contribution in [-0.2, 0) is 6.54 Å². The highest BCUT2D eigenvalue weighted by Gasteiger charge is 2.23. The minimum atomic E-state index is -0.176. The molecule has 1 N–H and O–H groups in total. The summed E-state index contributed by atoms with van der Waals surface area (Å²) in [7, 11) is 0. The van der Waals surface area contributed by atoms with Gasteiger partial charge < -0.3 is 5.32 Å². The molecule has 0 amide bonds. The normalized spacial score (nSPS) is 20.8. The monoisotopic (exact) mass is 314 g/mol. The van der Waals surface area contributed by atoms with Gasteiger partial charge >= 0.3 is 0 Å². The Labute approximate surface area is 117 Å². The Morgan fingerprint density at radius 3 is 2.94 bits per heavy atom. The molecular weight excluding hydrogens is 295 g/mol. The number of hydrogen-bond acceptors (Lipinski definition) is 2. The van der Waals surface area contributed by atoms with Gasteiger partial charge in [-0.3, -0.25) is 4.90 Å². The molecule has 1 aliphatic rings. The standard InChI is InChI=1S/C14H20BrFN2/c1-10(2)18-6-5-13(9-18)17-8-11-7-12(16)3-4-14(11)15/h3-4,7,10,13,17H,5-6,8-9H2,1-2H3. The highest BCUT2D eigenvalue weighted by atomic mass is 79.9. The molecule has 2 rings (SSSR count). The first-order valence-electron chi connectivity index (χ1n) is 6.47. The van der Waals surface area contributed by atoms with Gasteiger partial charge in [-0.25, -0.2) is 4.39 Å². The minimum Gasteiger partial charge on any atom is -0.309 e. The van der Waals surface area contributed by atoms with Crippen molar-refractivity contribution in [2.45, 2.75) is 38.9 Å². The largest absolute Gasteiger partial charge is 0.309 e. The van der Waals surface area contributed by atoms with Gasteiger partial charge in [-0.15, -0.1) is 0 Å². The number of likely N-dealkylation sites (tertiary alicyclic amines) is 1. The van der Waals surface area contributed by atoms with Gasteiger partial charge in [0.1, 0.15) is 5.82 Å². The lowest BCUT2D eigenvalue weighted by atomic mass is 10.2. The van der Waals surface area contributed by atoms with Gasteiger partial charge in [-0.05, 0) is 50.6 Å². The first kappa shape index (κ1) is 14.0. The number of halogens is 2. The zero-order valence-electron chi connectivity index (χ0n) is 10.9. The Balaban J connectivity index is 1.87. The van der Waals surface area contributed by atoms with Gasteiger partial charge in [0.05, 0.1) is 0 Å². The van der Waals surface area contributed by atoms with E-state index in [0.29, 0.717) is 12.1 Å². The quantitative estimate of drug-likeness (QED) is 0.918. The maximum absolute atomic E-state index is 13.2. The first-order valence-corrected chi connectivity index (χ1v) is 7.27. The number of nitrogens with one attached hydrogen (secondary N) is 1. The van der Waals surface area contributed by atoms with Crippen LogP contribution in [0.4, 0.5) is 4.39 Å². The molecule has 0 aromatic heterocycles. The van der Waals surface area contributed by atoms with Crippen LogP contribution in [-0.4, -0.2) is 30.1 Å². The number of benzene rings is 1. The van der Waals surface area contributed by atoms with Crippen molar-refractivity contribution in [3.63, 3.8) is 0 Å². The van der Waals surface area contributed by atoms with E-state index >= 15 is 0 Å². The molecule has 1 aromatic carbocycles. The van der Waals surface area contributed by atoms with Crippen molar-refractivity contribution in [3.8, 4) is 0 Å². The maximum Gasteiger partial charge on any atom is 0.123 e. The Hall–Kier alpha value is -0.450. The Bertz CT molecular complexity index is 409. The van der Waals surface area contributed by atoms with Gasteiger partial charge in [-0.1, -0.05) is 15.9 Å². The van der Waals surface area contributed by atoms with Crippen LogP contribution in [0, 0.1) is 5.82 Å². The molecule has 0 bridgehead atoms. The molecule has 1 heterocycles. The van der Waals surface area contributed by atoms with Crippen LogP contribution < -0.4 is 5.32 Å². The molecule has 2 nitrogen and oxygen atoms in total. The van der Waals surface area contributed by atoms with E-state index in [4.69, 9.17) is 0 Å². The average molecular weight is 315 g/mol.